The molecule has 1 aromatic carbocycles. The molecule has 0 saturated carbocycles. The van der Waals surface area contributed by atoms with E-state index in [4.69, 9.17) is 4.74 Å². The van der Waals surface area contributed by atoms with Gasteiger partial charge in [-0.1, -0.05) is 24.3 Å². The average Bonchev–Trinajstić information content (AvgIpc) is 2.67. The number of ether oxygens (including phenoxy) is 1. The summed E-state index contributed by atoms with van der Waals surface area (Å²) in [4.78, 5) is 18.6. The summed E-state index contributed by atoms with van der Waals surface area (Å²) in [5.74, 6) is 1.54. The summed E-state index contributed by atoms with van der Waals surface area (Å²) in [5.41, 5.74) is 0.957. The van der Waals surface area contributed by atoms with Crippen molar-refractivity contribution >= 4 is 11.7 Å². The number of rotatable bonds is 7. The maximum atomic E-state index is 12.1. The van der Waals surface area contributed by atoms with Crippen LogP contribution in [0.15, 0.2) is 48.7 Å². The van der Waals surface area contributed by atoms with Crippen LogP contribution >= 0.6 is 0 Å². The fourth-order valence-electron chi connectivity index (χ4n) is 3.06. The summed E-state index contributed by atoms with van der Waals surface area (Å²) in [6.07, 6.45) is 3.50. The zero-order chi connectivity index (χ0) is 18.2. The van der Waals surface area contributed by atoms with Gasteiger partial charge in [0.05, 0.1) is 19.1 Å². The zero-order valence-corrected chi connectivity index (χ0v) is 14.8. The Kier molecular flexibility index (Phi) is 6.44. The van der Waals surface area contributed by atoms with Crippen LogP contribution in [-0.2, 0) is 11.3 Å². The predicted molar refractivity (Wildman–Crippen MR) is 100 cm³/mol. The van der Waals surface area contributed by atoms with E-state index in [9.17, 15) is 9.90 Å². The van der Waals surface area contributed by atoms with Gasteiger partial charge in [0.25, 0.3) is 0 Å². The van der Waals surface area contributed by atoms with Crippen LogP contribution in [0.5, 0.6) is 5.75 Å². The average molecular weight is 355 g/mol. The third-order valence-electron chi connectivity index (χ3n) is 4.38. The van der Waals surface area contributed by atoms with Crippen molar-refractivity contribution in [2.24, 2.45) is 0 Å². The fourth-order valence-corrected chi connectivity index (χ4v) is 3.06. The maximum absolute atomic E-state index is 12.1. The summed E-state index contributed by atoms with van der Waals surface area (Å²) in [7, 11) is 0. The molecular weight excluding hydrogens is 330 g/mol. The molecule has 6 nitrogen and oxygen atoms in total. The Morgan fingerprint density at radius 3 is 2.92 bits per heavy atom. The van der Waals surface area contributed by atoms with Crippen LogP contribution < -0.4 is 15.0 Å². The van der Waals surface area contributed by atoms with Crippen molar-refractivity contribution in [3.63, 3.8) is 0 Å². The highest BCUT2D eigenvalue weighted by Crippen LogP contribution is 2.21. The van der Waals surface area contributed by atoms with Crippen molar-refractivity contribution in [2.75, 3.05) is 24.6 Å². The monoisotopic (exact) mass is 355 g/mol. The number of pyridine rings is 1. The fraction of sp³-hybridized carbons (Fsp3) is 0.400. The third kappa shape index (κ3) is 5.20. The number of aliphatic hydroxyl groups excluding tert-OH is 1. The molecule has 0 radical (unpaired) electrons. The second kappa shape index (κ2) is 9.20. The molecule has 2 N–H and O–H groups in total. The van der Waals surface area contributed by atoms with Crippen molar-refractivity contribution in [2.45, 2.75) is 31.9 Å². The number of amides is 1. The lowest BCUT2D eigenvalue weighted by Crippen LogP contribution is -2.39. The molecule has 0 aliphatic carbocycles. The molecule has 0 bridgehead atoms. The van der Waals surface area contributed by atoms with Crippen molar-refractivity contribution in [3.05, 3.63) is 54.2 Å². The van der Waals surface area contributed by atoms with Gasteiger partial charge in [-0.15, -0.1) is 0 Å². The van der Waals surface area contributed by atoms with E-state index >= 15 is 0 Å². The van der Waals surface area contributed by atoms with Gasteiger partial charge in [0, 0.05) is 31.4 Å². The molecule has 26 heavy (non-hydrogen) atoms. The lowest BCUT2D eigenvalue weighted by molar-refractivity contribution is -0.121. The van der Waals surface area contributed by atoms with E-state index in [1.54, 1.807) is 6.20 Å². The van der Waals surface area contributed by atoms with Gasteiger partial charge in [0.1, 0.15) is 11.6 Å². The number of benzene rings is 1. The molecule has 2 aromatic rings. The van der Waals surface area contributed by atoms with Gasteiger partial charge in [0.15, 0.2) is 0 Å². The Labute approximate surface area is 153 Å². The molecule has 0 spiro atoms. The number of β-amino-alcohol motifs (C(OH)–C–C–N with tert-alkyl or cyclic N) is 1. The van der Waals surface area contributed by atoms with Crippen LogP contribution in [-0.4, -0.2) is 41.8 Å². The van der Waals surface area contributed by atoms with Gasteiger partial charge >= 0.3 is 0 Å². The molecule has 0 unspecified atom stereocenters. The zero-order valence-electron chi connectivity index (χ0n) is 14.8. The molecule has 2 heterocycles. The minimum atomic E-state index is -0.316. The number of carbonyl (C=O) groups is 1. The summed E-state index contributed by atoms with van der Waals surface area (Å²) < 4.78 is 5.55. The van der Waals surface area contributed by atoms with Gasteiger partial charge in [-0.25, -0.2) is 4.98 Å². The first-order valence-electron chi connectivity index (χ1n) is 9.04. The Morgan fingerprint density at radius 1 is 1.27 bits per heavy atom. The van der Waals surface area contributed by atoms with Crippen LogP contribution in [0, 0.1) is 0 Å². The molecule has 1 amide bonds. The predicted octanol–water partition coefficient (Wildman–Crippen LogP) is 2.13. The normalized spacial score (nSPS) is 17.0. The van der Waals surface area contributed by atoms with Crippen LogP contribution in [0.2, 0.25) is 0 Å². The lowest BCUT2D eigenvalue weighted by Gasteiger charge is -2.32. The first-order chi connectivity index (χ1) is 12.7. The van der Waals surface area contributed by atoms with Gasteiger partial charge in [-0.2, -0.15) is 0 Å². The van der Waals surface area contributed by atoms with Gasteiger partial charge < -0.3 is 20.1 Å². The lowest BCUT2D eigenvalue weighted by atomic mass is 10.1. The number of anilines is 1. The minimum absolute atomic E-state index is 0.0607. The molecule has 3 rings (SSSR count). The molecule has 6 heteroatoms. The first-order valence-corrected chi connectivity index (χ1v) is 9.04. The highest BCUT2D eigenvalue weighted by molar-refractivity contribution is 5.76. The Morgan fingerprint density at radius 2 is 2.12 bits per heavy atom. The molecule has 1 aromatic heterocycles. The quantitative estimate of drug-likeness (QED) is 0.796. The largest absolute Gasteiger partial charge is 0.493 e. The molecule has 1 aliphatic rings. The SMILES string of the molecule is O=C(CCOc1ccccc1)NCc1cccnc1N1CCC[C@@H](O)C1. The Balaban J connectivity index is 1.49. The van der Waals surface area contributed by atoms with E-state index in [-0.39, 0.29) is 12.0 Å². The number of aromatic nitrogens is 1. The number of aliphatic hydroxyl groups is 1. The van der Waals surface area contributed by atoms with Gasteiger partial charge in [0.2, 0.25) is 5.91 Å². The second-order valence-electron chi connectivity index (χ2n) is 6.42. The minimum Gasteiger partial charge on any atom is -0.493 e. The highest BCUT2D eigenvalue weighted by atomic mass is 16.5. The molecule has 1 aliphatic heterocycles. The highest BCUT2D eigenvalue weighted by Gasteiger charge is 2.20. The smallest absolute Gasteiger partial charge is 0.223 e. The van der Waals surface area contributed by atoms with Crippen molar-refractivity contribution in [3.8, 4) is 5.75 Å². The van der Waals surface area contributed by atoms with E-state index in [0.29, 0.717) is 26.1 Å². The number of carbonyl (C=O) groups excluding carboxylic acids is 1. The Hall–Kier alpha value is -2.60. The van der Waals surface area contributed by atoms with Gasteiger partial charge in [-0.05, 0) is 31.0 Å². The number of hydrogen-bond acceptors (Lipinski definition) is 5. The van der Waals surface area contributed by atoms with E-state index in [0.717, 1.165) is 36.5 Å². The van der Waals surface area contributed by atoms with E-state index in [2.05, 4.69) is 15.2 Å². The van der Waals surface area contributed by atoms with E-state index in [1.807, 2.05) is 42.5 Å². The molecular formula is C20H25N3O3. The summed E-state index contributed by atoms with van der Waals surface area (Å²) in [6.45, 7) is 2.22. The number of nitrogens with zero attached hydrogens (tertiary/aromatic N) is 2. The number of piperidine rings is 1. The second-order valence-corrected chi connectivity index (χ2v) is 6.42. The van der Waals surface area contributed by atoms with Crippen molar-refractivity contribution in [1.29, 1.82) is 0 Å². The van der Waals surface area contributed by atoms with Gasteiger partial charge in [-0.3, -0.25) is 4.79 Å². The van der Waals surface area contributed by atoms with Crippen LogP contribution in [0.1, 0.15) is 24.8 Å². The van der Waals surface area contributed by atoms with Crippen molar-refractivity contribution in [1.82, 2.24) is 10.3 Å². The van der Waals surface area contributed by atoms with Crippen LogP contribution in [0.3, 0.4) is 0 Å². The number of nitrogens with one attached hydrogen (secondary N) is 1. The molecule has 1 saturated heterocycles. The summed E-state index contributed by atoms with van der Waals surface area (Å²) >= 11 is 0. The van der Waals surface area contributed by atoms with E-state index < -0.39 is 0 Å². The Bertz CT molecular complexity index is 708. The number of para-hydroxylation sites is 1. The van der Waals surface area contributed by atoms with Crippen molar-refractivity contribution < 1.29 is 14.6 Å². The maximum Gasteiger partial charge on any atom is 0.223 e. The summed E-state index contributed by atoms with van der Waals surface area (Å²) in [5, 5.41) is 12.8. The van der Waals surface area contributed by atoms with E-state index in [1.165, 1.54) is 0 Å². The molecule has 1 fully saturated rings. The first kappa shape index (κ1) is 18.2. The summed E-state index contributed by atoms with van der Waals surface area (Å²) in [6, 6.07) is 13.3. The van der Waals surface area contributed by atoms with Crippen LogP contribution in [0.4, 0.5) is 5.82 Å². The van der Waals surface area contributed by atoms with Crippen LogP contribution in [0.25, 0.3) is 0 Å². The third-order valence-corrected chi connectivity index (χ3v) is 4.38. The standard InChI is InChI=1S/C20H25N3O3/c24-17-7-5-12-23(15-17)20-16(6-4-11-21-20)14-22-19(25)10-13-26-18-8-2-1-3-9-18/h1-4,6,8-9,11,17,24H,5,7,10,12-15H2,(H,22,25)/t17-/m1/s1. The molecule has 138 valence electrons. The topological polar surface area (TPSA) is 74.7 Å². The number of hydrogen-bond donors (Lipinski definition) is 2. The molecule has 1 atom stereocenters.